The van der Waals surface area contributed by atoms with Gasteiger partial charge in [0.15, 0.2) is 18.1 Å². The molecule has 1 N–H and O–H groups in total. The average Bonchev–Trinajstić information content (AvgIpc) is 3.13. The summed E-state index contributed by atoms with van der Waals surface area (Å²) in [6.07, 6.45) is 2.19. The molecule has 1 amide bonds. The highest BCUT2D eigenvalue weighted by molar-refractivity contribution is 5.78. The summed E-state index contributed by atoms with van der Waals surface area (Å²) in [6, 6.07) is 7.07. The Kier molecular flexibility index (Phi) is 3.52. The van der Waals surface area contributed by atoms with Crippen molar-refractivity contribution in [1.29, 1.82) is 0 Å². The van der Waals surface area contributed by atoms with Crippen LogP contribution in [0, 0.1) is 0 Å². The van der Waals surface area contributed by atoms with Gasteiger partial charge in [-0.2, -0.15) is 0 Å². The van der Waals surface area contributed by atoms with Crippen LogP contribution in [0.4, 0.5) is 0 Å². The van der Waals surface area contributed by atoms with Crippen molar-refractivity contribution in [3.63, 3.8) is 0 Å². The number of ether oxygens (including phenoxy) is 1. The Hall–Kier alpha value is -1.71. The molecule has 0 aliphatic heterocycles. The predicted octanol–water partition coefficient (Wildman–Crippen LogP) is 1.78. The van der Waals surface area contributed by atoms with Crippen molar-refractivity contribution in [3.8, 4) is 11.5 Å². The van der Waals surface area contributed by atoms with E-state index in [1.807, 2.05) is 11.8 Å². The second kappa shape index (κ2) is 5.08. The third-order valence-electron chi connectivity index (χ3n) is 2.87. The normalized spacial score (nSPS) is 14.4. The van der Waals surface area contributed by atoms with Crippen molar-refractivity contribution < 1.29 is 14.6 Å². The highest BCUT2D eigenvalue weighted by Gasteiger charge is 2.31. The molecule has 1 saturated carbocycles. The maximum Gasteiger partial charge on any atom is 0.260 e. The van der Waals surface area contributed by atoms with Crippen LogP contribution in [0.3, 0.4) is 0 Å². The second-order valence-electron chi connectivity index (χ2n) is 4.17. The zero-order valence-corrected chi connectivity index (χ0v) is 9.93. The van der Waals surface area contributed by atoms with E-state index in [1.165, 1.54) is 6.07 Å². The van der Waals surface area contributed by atoms with Crippen LogP contribution >= 0.6 is 0 Å². The molecule has 0 spiro atoms. The standard InChI is InChI=1S/C13H17NO3/c1-2-14(10-7-8-10)13(16)9-17-12-6-4-3-5-11(12)15/h3-6,10,15H,2,7-9H2,1H3. The van der Waals surface area contributed by atoms with Crippen molar-refractivity contribution >= 4 is 5.91 Å². The molecule has 0 atom stereocenters. The second-order valence-corrected chi connectivity index (χ2v) is 4.17. The van der Waals surface area contributed by atoms with E-state index in [2.05, 4.69) is 0 Å². The van der Waals surface area contributed by atoms with Gasteiger partial charge in [-0.05, 0) is 31.9 Å². The third-order valence-corrected chi connectivity index (χ3v) is 2.87. The fourth-order valence-electron chi connectivity index (χ4n) is 1.83. The van der Waals surface area contributed by atoms with Crippen molar-refractivity contribution in [3.05, 3.63) is 24.3 Å². The number of rotatable bonds is 5. The number of carbonyl (C=O) groups is 1. The van der Waals surface area contributed by atoms with Crippen LogP contribution in [0.15, 0.2) is 24.3 Å². The molecule has 1 aromatic carbocycles. The number of phenolic OH excluding ortho intramolecular Hbond substituents is 1. The van der Waals surface area contributed by atoms with Crippen molar-refractivity contribution in [2.24, 2.45) is 0 Å². The number of likely N-dealkylation sites (N-methyl/N-ethyl adjacent to an activating group) is 1. The summed E-state index contributed by atoms with van der Waals surface area (Å²) in [5.74, 6) is 0.403. The van der Waals surface area contributed by atoms with Gasteiger partial charge in [0.2, 0.25) is 0 Å². The van der Waals surface area contributed by atoms with Crippen LogP contribution in [0.5, 0.6) is 11.5 Å². The SMILES string of the molecule is CCN(C(=O)COc1ccccc1O)C1CC1. The van der Waals surface area contributed by atoms with Crippen LogP contribution in [-0.4, -0.2) is 35.1 Å². The number of hydrogen-bond acceptors (Lipinski definition) is 3. The minimum atomic E-state index is -0.0155. The van der Waals surface area contributed by atoms with Crippen LogP contribution in [-0.2, 0) is 4.79 Å². The van der Waals surface area contributed by atoms with Gasteiger partial charge in [-0.25, -0.2) is 0 Å². The van der Waals surface area contributed by atoms with E-state index in [1.54, 1.807) is 18.2 Å². The van der Waals surface area contributed by atoms with Gasteiger partial charge in [0, 0.05) is 12.6 Å². The number of nitrogens with zero attached hydrogens (tertiary/aromatic N) is 1. The van der Waals surface area contributed by atoms with Crippen LogP contribution < -0.4 is 4.74 Å². The van der Waals surface area contributed by atoms with Gasteiger partial charge in [-0.1, -0.05) is 12.1 Å². The van der Waals surface area contributed by atoms with E-state index in [0.717, 1.165) is 12.8 Å². The van der Waals surface area contributed by atoms with E-state index in [0.29, 0.717) is 18.3 Å². The van der Waals surface area contributed by atoms with Gasteiger partial charge >= 0.3 is 0 Å². The van der Waals surface area contributed by atoms with E-state index < -0.39 is 0 Å². The zero-order valence-electron chi connectivity index (χ0n) is 9.93. The van der Waals surface area contributed by atoms with Gasteiger partial charge in [0.25, 0.3) is 5.91 Å². The number of carbonyl (C=O) groups excluding carboxylic acids is 1. The third kappa shape index (κ3) is 2.90. The Labute approximate surface area is 101 Å². The molecule has 0 saturated heterocycles. The summed E-state index contributed by atoms with van der Waals surface area (Å²) in [6.45, 7) is 2.67. The lowest BCUT2D eigenvalue weighted by Gasteiger charge is -2.20. The van der Waals surface area contributed by atoms with Crippen LogP contribution in [0.25, 0.3) is 0 Å². The van der Waals surface area contributed by atoms with E-state index in [9.17, 15) is 9.90 Å². The molecule has 1 fully saturated rings. The van der Waals surface area contributed by atoms with Crippen molar-refractivity contribution in [1.82, 2.24) is 4.90 Å². The quantitative estimate of drug-likeness (QED) is 0.846. The van der Waals surface area contributed by atoms with Gasteiger partial charge in [0.05, 0.1) is 0 Å². The molecule has 1 aliphatic carbocycles. The maximum atomic E-state index is 11.9. The van der Waals surface area contributed by atoms with Crippen molar-refractivity contribution in [2.75, 3.05) is 13.2 Å². The van der Waals surface area contributed by atoms with Crippen molar-refractivity contribution in [2.45, 2.75) is 25.8 Å². The average molecular weight is 235 g/mol. The predicted molar refractivity (Wildman–Crippen MR) is 64.0 cm³/mol. The molecule has 1 aromatic rings. The first-order valence-electron chi connectivity index (χ1n) is 5.92. The molecule has 2 rings (SSSR count). The molecule has 0 unspecified atom stereocenters. The number of hydrogen-bond donors (Lipinski definition) is 1. The topological polar surface area (TPSA) is 49.8 Å². The Morgan fingerprint density at radius 1 is 1.47 bits per heavy atom. The fraction of sp³-hybridized carbons (Fsp3) is 0.462. The minimum Gasteiger partial charge on any atom is -0.504 e. The van der Waals surface area contributed by atoms with Gasteiger partial charge < -0.3 is 14.7 Å². The fourth-order valence-corrected chi connectivity index (χ4v) is 1.83. The number of phenols is 1. The summed E-state index contributed by atoms with van der Waals surface area (Å²) in [7, 11) is 0. The highest BCUT2D eigenvalue weighted by Crippen LogP contribution is 2.27. The highest BCUT2D eigenvalue weighted by atomic mass is 16.5. The monoisotopic (exact) mass is 235 g/mol. The molecule has 92 valence electrons. The molecule has 17 heavy (non-hydrogen) atoms. The summed E-state index contributed by atoms with van der Waals surface area (Å²) >= 11 is 0. The molecular formula is C13H17NO3. The molecule has 0 bridgehead atoms. The lowest BCUT2D eigenvalue weighted by Crippen LogP contribution is -2.36. The summed E-state index contributed by atoms with van der Waals surface area (Å²) in [5, 5.41) is 9.49. The molecular weight excluding hydrogens is 218 g/mol. The Balaban J connectivity index is 1.89. The first kappa shape index (κ1) is 11.8. The van der Waals surface area contributed by atoms with Crippen LogP contribution in [0.1, 0.15) is 19.8 Å². The molecule has 1 aliphatic rings. The Morgan fingerprint density at radius 2 is 2.18 bits per heavy atom. The maximum absolute atomic E-state index is 11.9. The number of para-hydroxylation sites is 2. The molecule has 0 radical (unpaired) electrons. The van der Waals surface area contributed by atoms with Gasteiger partial charge in [-0.15, -0.1) is 0 Å². The van der Waals surface area contributed by atoms with E-state index >= 15 is 0 Å². The Bertz CT molecular complexity index is 401. The number of amides is 1. The zero-order chi connectivity index (χ0) is 12.3. The van der Waals surface area contributed by atoms with Gasteiger partial charge in [-0.3, -0.25) is 4.79 Å². The first-order chi connectivity index (χ1) is 8.22. The first-order valence-corrected chi connectivity index (χ1v) is 5.92. The lowest BCUT2D eigenvalue weighted by molar-refractivity contribution is -0.133. The summed E-state index contributed by atoms with van der Waals surface area (Å²) in [4.78, 5) is 13.7. The largest absolute Gasteiger partial charge is 0.504 e. The van der Waals surface area contributed by atoms with Crippen LogP contribution in [0.2, 0.25) is 0 Å². The molecule has 4 nitrogen and oxygen atoms in total. The molecule has 0 heterocycles. The summed E-state index contributed by atoms with van der Waals surface area (Å²) in [5.41, 5.74) is 0. The number of aromatic hydroxyl groups is 1. The lowest BCUT2D eigenvalue weighted by atomic mass is 10.3. The number of benzene rings is 1. The minimum absolute atomic E-state index is 0.0120. The van der Waals surface area contributed by atoms with E-state index in [-0.39, 0.29) is 18.3 Å². The summed E-state index contributed by atoms with van der Waals surface area (Å²) < 4.78 is 5.32. The Morgan fingerprint density at radius 3 is 2.76 bits per heavy atom. The molecule has 4 heteroatoms. The molecule has 0 aromatic heterocycles. The van der Waals surface area contributed by atoms with Gasteiger partial charge in [0.1, 0.15) is 0 Å². The van der Waals surface area contributed by atoms with E-state index in [4.69, 9.17) is 4.74 Å². The smallest absolute Gasteiger partial charge is 0.260 e.